The first-order valence-corrected chi connectivity index (χ1v) is 4.51. The Morgan fingerprint density at radius 2 is 1.67 bits per heavy atom. The molecule has 0 fully saturated rings. The fourth-order valence-corrected chi connectivity index (χ4v) is 0.965. The molecule has 0 aliphatic heterocycles. The lowest BCUT2D eigenvalue weighted by Gasteiger charge is -2.17. The van der Waals surface area contributed by atoms with Gasteiger partial charge in [0.05, 0.1) is 0 Å². The van der Waals surface area contributed by atoms with Gasteiger partial charge < -0.3 is 4.74 Å². The van der Waals surface area contributed by atoms with Gasteiger partial charge in [0.25, 0.3) is 0 Å². The van der Waals surface area contributed by atoms with Crippen LogP contribution in [0.2, 0.25) is 0 Å². The maximum atomic E-state index is 13.0. The van der Waals surface area contributed by atoms with E-state index in [0.29, 0.717) is 0 Å². The van der Waals surface area contributed by atoms with E-state index in [1.165, 1.54) is 12.1 Å². The molecule has 0 atom stereocenters. The molecule has 0 bridgehead atoms. The lowest BCUT2D eigenvalue weighted by atomic mass is 10.2. The van der Waals surface area contributed by atoms with Crippen molar-refractivity contribution in [1.82, 2.24) is 0 Å². The summed E-state index contributed by atoms with van der Waals surface area (Å²) in [5.74, 6) is -9.25. The summed E-state index contributed by atoms with van der Waals surface area (Å²) in [4.78, 5) is 10.6. The van der Waals surface area contributed by atoms with E-state index in [0.717, 1.165) is 12.1 Å². The highest BCUT2D eigenvalue weighted by atomic mass is 19.4. The minimum absolute atomic E-state index is 0.302. The van der Waals surface area contributed by atoms with Crippen LogP contribution >= 0.6 is 0 Å². The van der Waals surface area contributed by atoms with Crippen molar-refractivity contribution in [1.29, 1.82) is 0 Å². The molecule has 0 saturated carbocycles. The van der Waals surface area contributed by atoms with E-state index in [1.807, 2.05) is 0 Å². The van der Waals surface area contributed by atoms with Crippen LogP contribution in [0.1, 0.15) is 5.56 Å². The summed E-state index contributed by atoms with van der Waals surface area (Å²) in [6, 6.07) is 4.64. The molecule has 18 heavy (non-hydrogen) atoms. The van der Waals surface area contributed by atoms with Crippen molar-refractivity contribution in [2.24, 2.45) is 0 Å². The van der Waals surface area contributed by atoms with Crippen LogP contribution in [0.15, 0.2) is 24.3 Å². The predicted octanol–water partition coefficient (Wildman–Crippen LogP) is 3.07. The second kappa shape index (κ2) is 4.87. The van der Waals surface area contributed by atoms with E-state index in [-0.39, 0.29) is 5.56 Å². The van der Waals surface area contributed by atoms with Gasteiger partial charge in [0.15, 0.2) is 0 Å². The highest BCUT2D eigenvalue weighted by Gasteiger charge is 2.64. The molecule has 0 N–H and O–H groups in total. The second-order valence-corrected chi connectivity index (χ2v) is 3.24. The van der Waals surface area contributed by atoms with Crippen LogP contribution in [0, 0.1) is 5.82 Å². The summed E-state index contributed by atoms with van der Waals surface area (Å²) in [5, 5.41) is 0. The second-order valence-electron chi connectivity index (χ2n) is 3.24. The predicted molar refractivity (Wildman–Crippen MR) is 47.2 cm³/mol. The molecule has 0 aromatic heterocycles. The number of carbonyl (C=O) groups excluding carboxylic acids is 1. The summed E-state index contributed by atoms with van der Waals surface area (Å²) in [6.07, 6.45) is -6.04. The number of benzene rings is 1. The Morgan fingerprint density at radius 1 is 1.11 bits per heavy atom. The fourth-order valence-electron chi connectivity index (χ4n) is 0.965. The Hall–Kier alpha value is -1.73. The summed E-state index contributed by atoms with van der Waals surface area (Å²) in [5.41, 5.74) is -0.302. The molecule has 0 radical (unpaired) electrons. The molecular formula is C10H6F6O2. The van der Waals surface area contributed by atoms with E-state index >= 15 is 0 Å². The molecular weight excluding hydrogens is 266 g/mol. The SMILES string of the molecule is O=C(OCc1ccccc1F)C(F)(F)C(F)(F)F. The van der Waals surface area contributed by atoms with Gasteiger partial charge in [-0.25, -0.2) is 9.18 Å². The molecule has 2 nitrogen and oxygen atoms in total. The van der Waals surface area contributed by atoms with Crippen LogP contribution in [0.25, 0.3) is 0 Å². The van der Waals surface area contributed by atoms with Crippen LogP contribution in [0.3, 0.4) is 0 Å². The first-order valence-electron chi connectivity index (χ1n) is 4.51. The van der Waals surface area contributed by atoms with Crippen molar-refractivity contribution in [3.63, 3.8) is 0 Å². The number of halogens is 6. The monoisotopic (exact) mass is 272 g/mol. The van der Waals surface area contributed by atoms with Crippen LogP contribution in [-0.2, 0) is 16.1 Å². The molecule has 1 rings (SSSR count). The zero-order chi connectivity index (χ0) is 14.0. The van der Waals surface area contributed by atoms with Crippen LogP contribution < -0.4 is 0 Å². The molecule has 100 valence electrons. The lowest BCUT2D eigenvalue weighted by Crippen LogP contribution is -2.45. The van der Waals surface area contributed by atoms with Gasteiger partial charge in [-0.15, -0.1) is 0 Å². The van der Waals surface area contributed by atoms with E-state index in [1.54, 1.807) is 0 Å². The summed E-state index contributed by atoms with van der Waals surface area (Å²) >= 11 is 0. The molecule has 0 amide bonds. The molecule has 1 aromatic rings. The Balaban J connectivity index is 2.71. The number of esters is 1. The van der Waals surface area contributed by atoms with Crippen molar-refractivity contribution in [2.45, 2.75) is 18.7 Å². The van der Waals surface area contributed by atoms with Gasteiger partial charge in [-0.1, -0.05) is 18.2 Å². The first-order chi connectivity index (χ1) is 8.16. The third-order valence-corrected chi connectivity index (χ3v) is 1.93. The molecule has 0 aliphatic carbocycles. The third-order valence-electron chi connectivity index (χ3n) is 1.93. The Kier molecular flexibility index (Phi) is 3.88. The molecule has 0 heterocycles. The van der Waals surface area contributed by atoms with E-state index in [2.05, 4.69) is 4.74 Å². The molecule has 1 aromatic carbocycles. The minimum Gasteiger partial charge on any atom is -0.456 e. The molecule has 0 spiro atoms. The maximum absolute atomic E-state index is 13.0. The Labute approximate surface area is 97.2 Å². The molecule has 0 saturated heterocycles. The number of ether oxygens (including phenoxy) is 1. The highest BCUT2D eigenvalue weighted by molar-refractivity contribution is 5.78. The average Bonchev–Trinajstić information content (AvgIpc) is 2.26. The van der Waals surface area contributed by atoms with E-state index in [9.17, 15) is 31.1 Å². The summed E-state index contributed by atoms with van der Waals surface area (Å²) in [6.45, 7) is -1.00. The first kappa shape index (κ1) is 14.3. The van der Waals surface area contributed by atoms with Gasteiger partial charge in [-0.05, 0) is 6.07 Å². The van der Waals surface area contributed by atoms with Gasteiger partial charge in [-0.2, -0.15) is 22.0 Å². The number of carbonyl (C=O) groups is 1. The Morgan fingerprint density at radius 3 is 2.17 bits per heavy atom. The normalized spacial score (nSPS) is 12.3. The largest absolute Gasteiger partial charge is 0.465 e. The van der Waals surface area contributed by atoms with Crippen LogP contribution in [0.4, 0.5) is 26.3 Å². The zero-order valence-corrected chi connectivity index (χ0v) is 8.60. The number of alkyl halides is 5. The van der Waals surface area contributed by atoms with Crippen molar-refractivity contribution in [2.75, 3.05) is 0 Å². The molecule has 0 aliphatic rings. The van der Waals surface area contributed by atoms with E-state index in [4.69, 9.17) is 0 Å². The van der Waals surface area contributed by atoms with Crippen molar-refractivity contribution >= 4 is 5.97 Å². The third kappa shape index (κ3) is 2.93. The maximum Gasteiger partial charge on any atom is 0.465 e. The van der Waals surface area contributed by atoms with Gasteiger partial charge in [0, 0.05) is 5.56 Å². The van der Waals surface area contributed by atoms with E-state index < -0.39 is 30.5 Å². The zero-order valence-electron chi connectivity index (χ0n) is 8.60. The number of rotatable bonds is 3. The van der Waals surface area contributed by atoms with Crippen LogP contribution in [0.5, 0.6) is 0 Å². The smallest absolute Gasteiger partial charge is 0.456 e. The van der Waals surface area contributed by atoms with Gasteiger partial charge in [-0.3, -0.25) is 0 Å². The van der Waals surface area contributed by atoms with Crippen molar-refractivity contribution < 1.29 is 35.9 Å². The van der Waals surface area contributed by atoms with Crippen molar-refractivity contribution in [3.05, 3.63) is 35.6 Å². The lowest BCUT2D eigenvalue weighted by molar-refractivity contribution is -0.281. The highest BCUT2D eigenvalue weighted by Crippen LogP contribution is 2.36. The summed E-state index contributed by atoms with van der Waals surface area (Å²) < 4.78 is 76.9. The van der Waals surface area contributed by atoms with Crippen LogP contribution in [-0.4, -0.2) is 18.1 Å². The average molecular weight is 272 g/mol. The fraction of sp³-hybridized carbons (Fsp3) is 0.300. The topological polar surface area (TPSA) is 26.3 Å². The van der Waals surface area contributed by atoms with Gasteiger partial charge >= 0.3 is 18.1 Å². The number of hydrogen-bond donors (Lipinski definition) is 0. The minimum atomic E-state index is -6.04. The Bertz CT molecular complexity index is 440. The van der Waals surface area contributed by atoms with Crippen molar-refractivity contribution in [3.8, 4) is 0 Å². The van der Waals surface area contributed by atoms with Gasteiger partial charge in [0.2, 0.25) is 0 Å². The molecule has 0 unspecified atom stereocenters. The quantitative estimate of drug-likeness (QED) is 0.624. The van der Waals surface area contributed by atoms with Gasteiger partial charge in [0.1, 0.15) is 12.4 Å². The molecule has 8 heteroatoms. The number of hydrogen-bond acceptors (Lipinski definition) is 2. The standard InChI is InChI=1S/C10H6F6O2/c11-7-4-2-1-3-6(7)5-18-8(17)9(12,13)10(14,15)16/h1-4H,5H2. The summed E-state index contributed by atoms with van der Waals surface area (Å²) in [7, 11) is 0.